The van der Waals surface area contributed by atoms with Crippen molar-refractivity contribution >= 4 is 0 Å². The van der Waals surface area contributed by atoms with Crippen molar-refractivity contribution in [3.05, 3.63) is 53.1 Å². The Hall–Kier alpha value is -1.63. The smallest absolute Gasteiger partial charge is 0.0843 e. The van der Waals surface area contributed by atoms with Crippen LogP contribution in [0.25, 0.3) is 11.3 Å². The summed E-state index contributed by atoms with van der Waals surface area (Å²) in [4.78, 5) is 4.00. The van der Waals surface area contributed by atoms with E-state index in [-0.39, 0.29) is 52.1 Å². The number of pyridine rings is 1. The van der Waals surface area contributed by atoms with Gasteiger partial charge in [-0.25, -0.2) is 0 Å². The SMILES string of the molecule is [2H]c1cc(-c2nc([2H])c(C([2H])([2H])[2H])c(C)c2[2H])c([2H])c(C2([2H])CCCCC2)c1[2H]. The second-order valence-electron chi connectivity index (χ2n) is 5.19. The third-order valence-electron chi connectivity index (χ3n) is 3.70. The van der Waals surface area contributed by atoms with E-state index in [4.69, 9.17) is 12.3 Å². The molecule has 1 aliphatic carbocycles. The Bertz CT molecular complexity index is 960. The zero-order chi connectivity index (χ0) is 21.7. The second kappa shape index (κ2) is 5.78. The van der Waals surface area contributed by atoms with Crippen molar-refractivity contribution in [1.29, 1.82) is 0 Å². The third kappa shape index (κ3) is 2.77. The lowest BCUT2D eigenvalue weighted by Gasteiger charge is -2.22. The van der Waals surface area contributed by atoms with Crippen molar-refractivity contribution < 1.29 is 12.3 Å². The minimum absolute atomic E-state index is 0.0559. The molecule has 1 fully saturated rings. The molecular formula is C19H23N. The van der Waals surface area contributed by atoms with Crippen LogP contribution in [0.4, 0.5) is 0 Å². The molecule has 0 aliphatic heterocycles. The first kappa shape index (κ1) is 6.43. The van der Waals surface area contributed by atoms with Crippen LogP contribution in [0.15, 0.2) is 36.4 Å². The maximum absolute atomic E-state index is 8.85. The molecule has 3 rings (SSSR count). The fourth-order valence-electron chi connectivity index (χ4n) is 2.51. The summed E-state index contributed by atoms with van der Waals surface area (Å²) in [5, 5.41) is 0. The molecule has 1 nitrogen and oxygen atoms in total. The molecule has 0 amide bonds. The number of aromatic nitrogens is 1. The normalized spacial score (nSPS) is 24.9. The van der Waals surface area contributed by atoms with Gasteiger partial charge in [0, 0.05) is 17.2 Å². The quantitative estimate of drug-likeness (QED) is 0.713. The lowest BCUT2D eigenvalue weighted by Crippen LogP contribution is -2.04. The van der Waals surface area contributed by atoms with Gasteiger partial charge in [-0.3, -0.25) is 4.98 Å². The molecule has 1 heteroatoms. The Labute approximate surface area is 134 Å². The van der Waals surface area contributed by atoms with Crippen LogP contribution in [0.1, 0.15) is 67.0 Å². The molecule has 0 N–H and O–H groups in total. The first-order chi connectivity index (χ1) is 13.4. The van der Waals surface area contributed by atoms with E-state index in [0.717, 1.165) is 19.3 Å². The maximum atomic E-state index is 8.85. The summed E-state index contributed by atoms with van der Waals surface area (Å²) in [5.74, 6) is -1.14. The minimum atomic E-state index is -2.59. The van der Waals surface area contributed by atoms with E-state index < -0.39 is 18.9 Å². The Morgan fingerprint density at radius 1 is 1.25 bits per heavy atom. The zero-order valence-corrected chi connectivity index (χ0v) is 11.6. The number of nitrogens with zero attached hydrogens (tertiary/aromatic N) is 1. The number of hydrogen-bond donors (Lipinski definition) is 0. The van der Waals surface area contributed by atoms with E-state index in [9.17, 15) is 0 Å². The standard InChI is InChI=1S/C19H23N/c1-14-11-19(20-13-15(14)2)18-10-6-9-17(12-18)16-7-4-3-5-8-16/h6,9-13,16H,3-5,7-8H2,1-2H3/i2D3,6D,9D,11D,12D,13D,16D. The summed E-state index contributed by atoms with van der Waals surface area (Å²) in [5.41, 5.74) is -0.0207. The molecule has 1 saturated carbocycles. The predicted molar refractivity (Wildman–Crippen MR) is 85.0 cm³/mol. The van der Waals surface area contributed by atoms with Gasteiger partial charge in [-0.05, 0) is 61.3 Å². The summed E-state index contributed by atoms with van der Waals surface area (Å²) < 4.78 is 73.3. The van der Waals surface area contributed by atoms with Crippen LogP contribution < -0.4 is 0 Å². The molecule has 1 aromatic carbocycles. The van der Waals surface area contributed by atoms with E-state index in [1.54, 1.807) is 0 Å². The Balaban J connectivity index is 2.29. The number of hydrogen-bond acceptors (Lipinski definition) is 1. The molecule has 1 aromatic heterocycles. The van der Waals surface area contributed by atoms with Gasteiger partial charge in [0.1, 0.15) is 0 Å². The molecule has 1 aliphatic rings. The van der Waals surface area contributed by atoms with E-state index in [0.29, 0.717) is 12.8 Å². The molecule has 20 heavy (non-hydrogen) atoms. The van der Waals surface area contributed by atoms with Crippen LogP contribution >= 0.6 is 0 Å². The van der Waals surface area contributed by atoms with Gasteiger partial charge in [0.2, 0.25) is 0 Å². The Morgan fingerprint density at radius 2 is 2.10 bits per heavy atom. The summed E-state index contributed by atoms with van der Waals surface area (Å²) >= 11 is 0. The fourth-order valence-corrected chi connectivity index (χ4v) is 2.51. The van der Waals surface area contributed by atoms with Crippen molar-refractivity contribution in [1.82, 2.24) is 4.98 Å². The van der Waals surface area contributed by atoms with Crippen LogP contribution in [0.3, 0.4) is 0 Å². The summed E-state index contributed by atoms with van der Waals surface area (Å²) in [7, 11) is 0. The molecule has 2 aromatic rings. The molecule has 0 radical (unpaired) electrons. The highest BCUT2D eigenvalue weighted by molar-refractivity contribution is 5.61. The van der Waals surface area contributed by atoms with Gasteiger partial charge in [-0.1, -0.05) is 37.4 Å². The third-order valence-corrected chi connectivity index (χ3v) is 3.70. The Kier molecular flexibility index (Phi) is 1.86. The molecule has 0 unspecified atom stereocenters. The molecule has 0 bridgehead atoms. The van der Waals surface area contributed by atoms with Crippen LogP contribution in [0.5, 0.6) is 0 Å². The van der Waals surface area contributed by atoms with Gasteiger partial charge >= 0.3 is 0 Å². The van der Waals surface area contributed by atoms with Gasteiger partial charge < -0.3 is 0 Å². The first-order valence-electron chi connectivity index (χ1n) is 11.5. The summed E-state index contributed by atoms with van der Waals surface area (Å²) in [6.07, 6.45) is 3.11. The predicted octanol–water partition coefficient (Wildman–Crippen LogP) is 5.41. The highest BCUT2D eigenvalue weighted by atomic mass is 14.7. The highest BCUT2D eigenvalue weighted by Gasteiger charge is 2.15. The second-order valence-corrected chi connectivity index (χ2v) is 5.19. The van der Waals surface area contributed by atoms with Gasteiger partial charge in [-0.15, -0.1) is 0 Å². The maximum Gasteiger partial charge on any atom is 0.0843 e. The molecule has 0 atom stereocenters. The first-order valence-corrected chi connectivity index (χ1v) is 6.98. The lowest BCUT2D eigenvalue weighted by molar-refractivity contribution is 0.443. The number of benzene rings is 1. The largest absolute Gasteiger partial charge is 0.256 e. The van der Waals surface area contributed by atoms with Crippen molar-refractivity contribution in [2.75, 3.05) is 0 Å². The van der Waals surface area contributed by atoms with Crippen LogP contribution in [-0.4, -0.2) is 4.98 Å². The molecule has 1 heterocycles. The van der Waals surface area contributed by atoms with Crippen LogP contribution in [-0.2, 0) is 0 Å². The van der Waals surface area contributed by atoms with Gasteiger partial charge in [0.25, 0.3) is 0 Å². The summed E-state index contributed by atoms with van der Waals surface area (Å²) in [6.45, 7) is -1.15. The van der Waals surface area contributed by atoms with Crippen molar-refractivity contribution in [2.45, 2.75) is 51.8 Å². The van der Waals surface area contributed by atoms with Crippen LogP contribution in [0.2, 0.25) is 0 Å². The van der Waals surface area contributed by atoms with E-state index in [1.807, 2.05) is 0 Å². The van der Waals surface area contributed by atoms with Crippen molar-refractivity contribution in [2.24, 2.45) is 0 Å². The molecule has 0 spiro atoms. The molecule has 0 saturated heterocycles. The summed E-state index contributed by atoms with van der Waals surface area (Å²) in [6, 6.07) is 0.572. The minimum Gasteiger partial charge on any atom is -0.256 e. The zero-order valence-electron chi connectivity index (χ0n) is 20.6. The van der Waals surface area contributed by atoms with E-state index >= 15 is 0 Å². The fraction of sp³-hybridized carbons (Fsp3) is 0.421. The molecular weight excluding hydrogens is 242 g/mol. The van der Waals surface area contributed by atoms with Gasteiger partial charge in [0.05, 0.1) is 12.5 Å². The number of rotatable bonds is 2. The highest BCUT2D eigenvalue weighted by Crippen LogP contribution is 2.34. The monoisotopic (exact) mass is 274 g/mol. The van der Waals surface area contributed by atoms with Crippen molar-refractivity contribution in [3.63, 3.8) is 0 Å². The topological polar surface area (TPSA) is 12.9 Å². The van der Waals surface area contributed by atoms with Crippen molar-refractivity contribution in [3.8, 4) is 11.3 Å². The molecule has 104 valence electrons. The van der Waals surface area contributed by atoms with Crippen LogP contribution in [0, 0.1) is 13.8 Å². The van der Waals surface area contributed by atoms with Gasteiger partial charge in [0.15, 0.2) is 0 Å². The Morgan fingerprint density at radius 3 is 2.90 bits per heavy atom. The van der Waals surface area contributed by atoms with E-state index in [1.165, 1.54) is 13.0 Å². The average molecular weight is 274 g/mol. The lowest BCUT2D eigenvalue weighted by atomic mass is 9.83. The van der Waals surface area contributed by atoms with Gasteiger partial charge in [-0.2, -0.15) is 0 Å². The van der Waals surface area contributed by atoms with E-state index in [2.05, 4.69) is 4.98 Å². The average Bonchev–Trinajstić information content (AvgIpc) is 2.61.